The van der Waals surface area contributed by atoms with Crippen LogP contribution in [0.15, 0.2) is 47.4 Å². The minimum absolute atomic E-state index is 0.0512. The summed E-state index contributed by atoms with van der Waals surface area (Å²) in [6.45, 7) is 1.28. The largest absolute Gasteiger partial charge is 0.550 e. The summed E-state index contributed by atoms with van der Waals surface area (Å²) >= 11 is -1.08. The number of hydrogen-bond acceptors (Lipinski definition) is 5. The number of fused-ring (bicyclic) bond motifs is 1. The topological polar surface area (TPSA) is 110 Å². The molecule has 0 radical (unpaired) electrons. The zero-order chi connectivity index (χ0) is 27.9. The van der Waals surface area contributed by atoms with Crippen molar-refractivity contribution in [1.82, 2.24) is 4.90 Å². The number of anilines is 1. The predicted molar refractivity (Wildman–Crippen MR) is 118 cm³/mol. The lowest BCUT2D eigenvalue weighted by Gasteiger charge is -2.38. The SMILES string of the molecule is CC(=O)N1Cc2cc([S+](C)O)ccc2C1C(=O)Nc1ccc(C(CC(=O)[O-])(C(F)(F)F)C(F)(F)F)cc1. The van der Waals surface area contributed by atoms with Crippen molar-refractivity contribution in [2.45, 2.75) is 48.6 Å². The number of carboxylic acids is 1. The maximum atomic E-state index is 13.6. The fourth-order valence-corrected chi connectivity index (χ4v) is 4.82. The molecule has 14 heteroatoms. The van der Waals surface area contributed by atoms with E-state index in [0.29, 0.717) is 28.2 Å². The number of carbonyl (C=O) groups is 3. The lowest BCUT2D eigenvalue weighted by molar-refractivity contribution is -0.334. The normalized spacial score (nSPS) is 16.8. The molecule has 3 rings (SSSR count). The first-order chi connectivity index (χ1) is 17.0. The second-order valence-corrected chi connectivity index (χ2v) is 9.83. The highest BCUT2D eigenvalue weighted by Gasteiger charge is 2.71. The van der Waals surface area contributed by atoms with Gasteiger partial charge in [-0.25, -0.2) is 0 Å². The number of carboxylic acid groups (broad SMARTS) is 1. The number of alkyl halides is 6. The van der Waals surface area contributed by atoms with Crippen molar-refractivity contribution in [3.8, 4) is 0 Å². The van der Waals surface area contributed by atoms with Crippen molar-refractivity contribution in [3.63, 3.8) is 0 Å². The molecule has 2 N–H and O–H groups in total. The first kappa shape index (κ1) is 28.3. The van der Waals surface area contributed by atoms with Gasteiger partial charge in [0.2, 0.25) is 5.91 Å². The summed E-state index contributed by atoms with van der Waals surface area (Å²) in [6.07, 6.45) is -12.9. The summed E-state index contributed by atoms with van der Waals surface area (Å²) < 4.78 is 91.6. The fraction of sp³-hybridized carbons (Fsp3) is 0.348. The van der Waals surface area contributed by atoms with Gasteiger partial charge in [-0.15, -0.1) is 0 Å². The molecule has 2 aromatic rings. The van der Waals surface area contributed by atoms with Crippen LogP contribution in [0.5, 0.6) is 0 Å². The highest BCUT2D eigenvalue weighted by atomic mass is 32.2. The first-order valence-corrected chi connectivity index (χ1v) is 12.1. The molecular formula is C23H20F6N2O5S. The zero-order valence-corrected chi connectivity index (χ0v) is 20.1. The van der Waals surface area contributed by atoms with E-state index in [4.69, 9.17) is 0 Å². The Hall–Kier alpha value is -3.26. The Labute approximate surface area is 209 Å². The Bertz CT molecular complexity index is 1200. The second-order valence-electron chi connectivity index (χ2n) is 8.40. The van der Waals surface area contributed by atoms with E-state index in [1.807, 2.05) is 0 Å². The van der Waals surface area contributed by atoms with Gasteiger partial charge in [-0.1, -0.05) is 18.2 Å². The Morgan fingerprint density at radius 3 is 2.08 bits per heavy atom. The van der Waals surface area contributed by atoms with Crippen LogP contribution in [0, 0.1) is 0 Å². The van der Waals surface area contributed by atoms with E-state index >= 15 is 0 Å². The number of rotatable bonds is 6. The summed E-state index contributed by atoms with van der Waals surface area (Å²) in [7, 11) is 0. The van der Waals surface area contributed by atoms with E-state index in [2.05, 4.69) is 5.32 Å². The summed E-state index contributed by atoms with van der Waals surface area (Å²) in [5, 5.41) is 13.2. The summed E-state index contributed by atoms with van der Waals surface area (Å²) in [6, 6.07) is 6.05. The summed E-state index contributed by atoms with van der Waals surface area (Å²) in [5.41, 5.74) is -5.25. The zero-order valence-electron chi connectivity index (χ0n) is 19.2. The van der Waals surface area contributed by atoms with E-state index in [1.165, 1.54) is 11.8 Å². The van der Waals surface area contributed by atoms with Gasteiger partial charge < -0.3 is 20.1 Å². The van der Waals surface area contributed by atoms with Crippen molar-refractivity contribution < 1.29 is 50.4 Å². The molecule has 37 heavy (non-hydrogen) atoms. The first-order valence-electron chi connectivity index (χ1n) is 10.5. The highest BCUT2D eigenvalue weighted by Crippen LogP contribution is 2.54. The third-order valence-electron chi connectivity index (χ3n) is 6.08. The molecule has 200 valence electrons. The van der Waals surface area contributed by atoms with Crippen LogP contribution in [0.25, 0.3) is 0 Å². The van der Waals surface area contributed by atoms with Crippen LogP contribution < -0.4 is 10.4 Å². The molecule has 1 aliphatic rings. The molecule has 2 unspecified atom stereocenters. The molecular weight excluding hydrogens is 530 g/mol. The Morgan fingerprint density at radius 2 is 1.62 bits per heavy atom. The van der Waals surface area contributed by atoms with Gasteiger partial charge in [0.05, 0.1) is 0 Å². The van der Waals surface area contributed by atoms with Gasteiger partial charge in [0.15, 0.2) is 21.5 Å². The van der Waals surface area contributed by atoms with Crippen molar-refractivity contribution in [1.29, 1.82) is 0 Å². The fourth-order valence-electron chi connectivity index (χ4n) is 4.24. The molecule has 0 aromatic heterocycles. The van der Waals surface area contributed by atoms with E-state index < -0.39 is 64.8 Å². The Morgan fingerprint density at radius 1 is 1.05 bits per heavy atom. The van der Waals surface area contributed by atoms with E-state index in [0.717, 1.165) is 12.1 Å². The predicted octanol–water partition coefficient (Wildman–Crippen LogP) is 3.31. The molecule has 2 atom stereocenters. The molecule has 7 nitrogen and oxygen atoms in total. The van der Waals surface area contributed by atoms with Gasteiger partial charge in [-0.05, 0) is 34.9 Å². The monoisotopic (exact) mass is 550 g/mol. The van der Waals surface area contributed by atoms with Crippen LogP contribution in [0.4, 0.5) is 32.0 Å². The van der Waals surface area contributed by atoms with Crippen LogP contribution in [0.2, 0.25) is 0 Å². The molecule has 0 bridgehead atoms. The quantitative estimate of drug-likeness (QED) is 0.424. The van der Waals surface area contributed by atoms with Crippen LogP contribution in [0.3, 0.4) is 0 Å². The third kappa shape index (κ3) is 5.25. The Kier molecular flexibility index (Phi) is 7.57. The number of nitrogens with one attached hydrogen (secondary N) is 1. The number of amides is 2. The van der Waals surface area contributed by atoms with Crippen molar-refractivity contribution in [2.75, 3.05) is 11.6 Å². The van der Waals surface area contributed by atoms with Crippen LogP contribution in [0.1, 0.15) is 36.1 Å². The number of halogens is 6. The van der Waals surface area contributed by atoms with Crippen molar-refractivity contribution in [3.05, 3.63) is 59.2 Å². The standard InChI is InChI=1S/C23H20F6N2O5S/c1-12(32)31-11-13-9-16(37(2)36)7-8-17(13)19(31)20(35)30-15-5-3-14(4-6-15)21(10-18(33)34,22(24,25)26)23(27,28)29/h3-9,19,36H,10-11H2,1-2H3,(H-,30,33,34,35). The molecule has 1 heterocycles. The number of hydrogen-bond donors (Lipinski definition) is 2. The second kappa shape index (κ2) is 9.89. The molecule has 0 spiro atoms. The maximum absolute atomic E-state index is 13.6. The van der Waals surface area contributed by atoms with Crippen LogP contribution >= 0.6 is 0 Å². The molecule has 2 amide bonds. The van der Waals surface area contributed by atoms with Gasteiger partial charge >= 0.3 is 12.4 Å². The smallest absolute Gasteiger partial charge is 0.407 e. The number of nitrogens with zero attached hydrogens (tertiary/aromatic N) is 1. The summed E-state index contributed by atoms with van der Waals surface area (Å²) in [4.78, 5) is 37.9. The van der Waals surface area contributed by atoms with Gasteiger partial charge in [0.1, 0.15) is 12.3 Å². The van der Waals surface area contributed by atoms with Gasteiger partial charge in [0.25, 0.3) is 5.91 Å². The van der Waals surface area contributed by atoms with Crippen LogP contribution in [-0.4, -0.2) is 45.8 Å². The number of aliphatic carboxylic acids is 1. The lowest BCUT2D eigenvalue weighted by atomic mass is 9.76. The molecule has 0 saturated carbocycles. The van der Waals surface area contributed by atoms with E-state index in [1.54, 1.807) is 24.5 Å². The molecule has 0 saturated heterocycles. The maximum Gasteiger partial charge on any atom is 0.407 e. The average molecular weight is 550 g/mol. The van der Waals surface area contributed by atoms with Gasteiger partial charge in [0, 0.05) is 37.6 Å². The lowest BCUT2D eigenvalue weighted by Crippen LogP contribution is -2.56. The third-order valence-corrected chi connectivity index (χ3v) is 7.01. The van der Waals surface area contributed by atoms with Crippen molar-refractivity contribution in [2.24, 2.45) is 0 Å². The molecule has 2 aromatic carbocycles. The number of carbonyl (C=O) groups excluding carboxylic acids is 3. The van der Waals surface area contributed by atoms with Gasteiger partial charge in [-0.2, -0.15) is 30.9 Å². The number of benzene rings is 2. The van der Waals surface area contributed by atoms with Crippen LogP contribution in [-0.2, 0) is 37.5 Å². The molecule has 0 aliphatic carbocycles. The molecule has 0 fully saturated rings. The molecule has 1 aliphatic heterocycles. The average Bonchev–Trinajstić information content (AvgIpc) is 3.15. The highest BCUT2D eigenvalue weighted by molar-refractivity contribution is 7.90. The van der Waals surface area contributed by atoms with Gasteiger partial charge in [-0.3, -0.25) is 9.59 Å². The Balaban J connectivity index is 1.95. The van der Waals surface area contributed by atoms with Crippen molar-refractivity contribution >= 4 is 34.6 Å². The summed E-state index contributed by atoms with van der Waals surface area (Å²) in [5.74, 6) is -3.78. The minimum atomic E-state index is -6.02. The minimum Gasteiger partial charge on any atom is -0.550 e. The van der Waals surface area contributed by atoms with E-state index in [9.17, 15) is 50.4 Å². The van der Waals surface area contributed by atoms with E-state index in [-0.39, 0.29) is 12.2 Å².